The maximum atomic E-state index is 14.7. The fraction of sp³-hybridized carbons (Fsp3) is 0.500. The van der Waals surface area contributed by atoms with Gasteiger partial charge in [0.25, 0.3) is 5.91 Å². The van der Waals surface area contributed by atoms with Gasteiger partial charge in [-0.15, -0.1) is 0 Å². The standard InChI is InChI=1S/C26H35FN4O5/c1-26(2,3)31(25(33)34)19-11-9-18(10-12-19)29-23-21(27)15-20(22(28)32)24(30-23)36-14-13-35-16-17-7-5-4-6-8-17/h4-8,15,18-19H,9-14,16H2,1-3H3,(H2,28,32)(H,29,30)(H,33,34)/t18-,19-. The van der Waals surface area contributed by atoms with Crippen molar-refractivity contribution in [2.24, 2.45) is 5.73 Å². The van der Waals surface area contributed by atoms with Crippen molar-refractivity contribution in [3.63, 3.8) is 0 Å². The minimum absolute atomic E-state index is 0.0328. The number of rotatable bonds is 10. The molecule has 1 aromatic carbocycles. The van der Waals surface area contributed by atoms with Gasteiger partial charge in [0.15, 0.2) is 11.6 Å². The van der Waals surface area contributed by atoms with E-state index in [0.717, 1.165) is 11.6 Å². The van der Waals surface area contributed by atoms with Gasteiger partial charge in [-0.25, -0.2) is 9.18 Å². The molecular formula is C26H35FN4O5. The van der Waals surface area contributed by atoms with E-state index >= 15 is 0 Å². The van der Waals surface area contributed by atoms with Gasteiger partial charge < -0.3 is 30.5 Å². The summed E-state index contributed by atoms with van der Waals surface area (Å²) in [6.07, 6.45) is 1.64. The number of primary amides is 1. The third kappa shape index (κ3) is 7.30. The normalized spacial score (nSPS) is 17.9. The molecule has 3 rings (SSSR count). The van der Waals surface area contributed by atoms with Crippen LogP contribution in [0.4, 0.5) is 15.0 Å². The molecule has 0 atom stereocenters. The summed E-state index contributed by atoms with van der Waals surface area (Å²) in [4.78, 5) is 29.3. The van der Waals surface area contributed by atoms with Crippen LogP contribution < -0.4 is 15.8 Å². The number of hydrogen-bond acceptors (Lipinski definition) is 6. The molecule has 1 aliphatic carbocycles. The highest BCUT2D eigenvalue weighted by Crippen LogP contribution is 2.31. The van der Waals surface area contributed by atoms with Crippen molar-refractivity contribution in [2.75, 3.05) is 18.5 Å². The van der Waals surface area contributed by atoms with Crippen molar-refractivity contribution in [3.05, 3.63) is 53.3 Å². The fourth-order valence-electron chi connectivity index (χ4n) is 4.48. The molecule has 0 bridgehead atoms. The molecule has 9 nitrogen and oxygen atoms in total. The van der Waals surface area contributed by atoms with Crippen LogP contribution in [0.5, 0.6) is 5.88 Å². The Bertz CT molecular complexity index is 1040. The quantitative estimate of drug-likeness (QED) is 0.411. The number of hydrogen-bond donors (Lipinski definition) is 3. The molecule has 0 radical (unpaired) electrons. The van der Waals surface area contributed by atoms with E-state index in [4.69, 9.17) is 15.2 Å². The van der Waals surface area contributed by atoms with Gasteiger partial charge in [-0.05, 0) is 58.1 Å². The molecule has 0 saturated heterocycles. The SMILES string of the molecule is CC(C)(C)N(C(=O)O)[C@H]1CC[C@H](Nc2nc(OCCOCc3ccccc3)c(C(N)=O)cc2F)CC1. The van der Waals surface area contributed by atoms with Crippen LogP contribution in [0.3, 0.4) is 0 Å². The maximum absolute atomic E-state index is 14.7. The van der Waals surface area contributed by atoms with Crippen molar-refractivity contribution in [2.45, 2.75) is 70.7 Å². The summed E-state index contributed by atoms with van der Waals surface area (Å²) in [6.45, 7) is 6.38. The molecule has 1 saturated carbocycles. The Labute approximate surface area is 210 Å². The van der Waals surface area contributed by atoms with E-state index in [1.165, 1.54) is 4.90 Å². The number of carbonyl (C=O) groups is 2. The second-order valence-electron chi connectivity index (χ2n) is 9.90. The van der Waals surface area contributed by atoms with Gasteiger partial charge in [0.2, 0.25) is 5.88 Å². The van der Waals surface area contributed by atoms with Crippen molar-refractivity contribution >= 4 is 17.8 Å². The molecule has 0 aliphatic heterocycles. The Morgan fingerprint density at radius 3 is 2.42 bits per heavy atom. The van der Waals surface area contributed by atoms with E-state index in [2.05, 4.69) is 10.3 Å². The van der Waals surface area contributed by atoms with Crippen LogP contribution in [0.15, 0.2) is 36.4 Å². The number of carboxylic acid groups (broad SMARTS) is 1. The Morgan fingerprint density at radius 1 is 1.17 bits per heavy atom. The summed E-state index contributed by atoms with van der Waals surface area (Å²) in [5, 5.41) is 12.7. The lowest BCUT2D eigenvalue weighted by Gasteiger charge is -2.42. The fourth-order valence-corrected chi connectivity index (χ4v) is 4.48. The lowest BCUT2D eigenvalue weighted by Crippen LogP contribution is -2.52. The summed E-state index contributed by atoms with van der Waals surface area (Å²) in [6, 6.07) is 10.5. The molecule has 0 unspecified atom stereocenters. The first-order valence-electron chi connectivity index (χ1n) is 12.1. The van der Waals surface area contributed by atoms with E-state index in [0.29, 0.717) is 32.3 Å². The third-order valence-electron chi connectivity index (χ3n) is 6.12. The summed E-state index contributed by atoms with van der Waals surface area (Å²) < 4.78 is 25.9. The Hall–Kier alpha value is -3.40. The zero-order valence-electron chi connectivity index (χ0n) is 21.0. The van der Waals surface area contributed by atoms with Gasteiger partial charge in [0.05, 0.1) is 13.2 Å². The molecule has 1 heterocycles. The lowest BCUT2D eigenvalue weighted by molar-refractivity contribution is 0.0556. The van der Waals surface area contributed by atoms with Crippen LogP contribution in [0.1, 0.15) is 62.4 Å². The highest BCUT2D eigenvalue weighted by atomic mass is 19.1. The molecule has 1 fully saturated rings. The highest BCUT2D eigenvalue weighted by Gasteiger charge is 2.35. The van der Waals surface area contributed by atoms with Gasteiger partial charge in [-0.3, -0.25) is 4.79 Å². The van der Waals surface area contributed by atoms with Gasteiger partial charge in [-0.2, -0.15) is 4.98 Å². The lowest BCUT2D eigenvalue weighted by atomic mass is 9.88. The molecule has 1 aromatic heterocycles. The third-order valence-corrected chi connectivity index (χ3v) is 6.12. The molecule has 2 aromatic rings. The predicted molar refractivity (Wildman–Crippen MR) is 134 cm³/mol. The number of benzene rings is 1. The van der Waals surface area contributed by atoms with E-state index in [1.807, 2.05) is 51.1 Å². The summed E-state index contributed by atoms with van der Waals surface area (Å²) in [7, 11) is 0. The van der Waals surface area contributed by atoms with Crippen molar-refractivity contribution in [3.8, 4) is 5.88 Å². The van der Waals surface area contributed by atoms with E-state index in [-0.39, 0.29) is 42.6 Å². The number of nitrogens with one attached hydrogen (secondary N) is 1. The van der Waals surface area contributed by atoms with Crippen LogP contribution >= 0.6 is 0 Å². The number of amides is 2. The van der Waals surface area contributed by atoms with Crippen LogP contribution in [-0.2, 0) is 11.3 Å². The zero-order valence-corrected chi connectivity index (χ0v) is 21.0. The molecule has 196 valence electrons. The second-order valence-corrected chi connectivity index (χ2v) is 9.90. The first-order chi connectivity index (χ1) is 17.1. The van der Waals surface area contributed by atoms with Crippen molar-refractivity contribution < 1.29 is 28.6 Å². The van der Waals surface area contributed by atoms with Crippen LogP contribution in [0, 0.1) is 5.82 Å². The number of nitrogens with two attached hydrogens (primary N) is 1. The number of nitrogens with zero attached hydrogens (tertiary/aromatic N) is 2. The monoisotopic (exact) mass is 502 g/mol. The van der Waals surface area contributed by atoms with Gasteiger partial charge in [0, 0.05) is 17.6 Å². The molecule has 4 N–H and O–H groups in total. The van der Waals surface area contributed by atoms with Crippen LogP contribution in [0.2, 0.25) is 0 Å². The average molecular weight is 503 g/mol. The van der Waals surface area contributed by atoms with E-state index in [9.17, 15) is 19.1 Å². The number of aromatic nitrogens is 1. The highest BCUT2D eigenvalue weighted by molar-refractivity contribution is 5.95. The number of halogens is 1. The average Bonchev–Trinajstić information content (AvgIpc) is 2.81. The molecule has 2 amide bonds. The second kappa shape index (κ2) is 12.0. The molecule has 1 aliphatic rings. The summed E-state index contributed by atoms with van der Waals surface area (Å²) in [5.74, 6) is -1.65. The van der Waals surface area contributed by atoms with Gasteiger partial charge in [0.1, 0.15) is 12.2 Å². The molecule has 36 heavy (non-hydrogen) atoms. The Balaban J connectivity index is 1.59. The smallest absolute Gasteiger partial charge is 0.407 e. The Morgan fingerprint density at radius 2 is 1.83 bits per heavy atom. The van der Waals surface area contributed by atoms with Crippen molar-refractivity contribution in [1.29, 1.82) is 0 Å². The van der Waals surface area contributed by atoms with Gasteiger partial charge >= 0.3 is 6.09 Å². The minimum Gasteiger partial charge on any atom is -0.475 e. The van der Waals surface area contributed by atoms with Gasteiger partial charge in [-0.1, -0.05) is 30.3 Å². The summed E-state index contributed by atoms with van der Waals surface area (Å²) >= 11 is 0. The largest absolute Gasteiger partial charge is 0.475 e. The van der Waals surface area contributed by atoms with Crippen LogP contribution in [-0.4, -0.2) is 57.8 Å². The Kier molecular flexibility index (Phi) is 9.08. The summed E-state index contributed by atoms with van der Waals surface area (Å²) in [5.41, 5.74) is 5.76. The number of carbonyl (C=O) groups excluding carboxylic acids is 1. The first-order valence-corrected chi connectivity index (χ1v) is 12.1. The first kappa shape index (κ1) is 27.2. The number of ether oxygens (including phenoxy) is 2. The molecular weight excluding hydrogens is 467 g/mol. The van der Waals surface area contributed by atoms with Crippen molar-refractivity contribution in [1.82, 2.24) is 9.88 Å². The topological polar surface area (TPSA) is 127 Å². The van der Waals surface area contributed by atoms with E-state index < -0.39 is 23.4 Å². The van der Waals surface area contributed by atoms with E-state index in [1.54, 1.807) is 0 Å². The van der Waals surface area contributed by atoms with Crippen LogP contribution in [0.25, 0.3) is 0 Å². The molecule has 10 heteroatoms. The zero-order chi connectivity index (χ0) is 26.3. The number of pyridine rings is 1. The minimum atomic E-state index is -0.941. The number of anilines is 1. The maximum Gasteiger partial charge on any atom is 0.407 e. The predicted octanol–water partition coefficient (Wildman–Crippen LogP) is 4.42. The molecule has 0 spiro atoms.